The van der Waals surface area contributed by atoms with Gasteiger partial charge in [-0.05, 0) is 59.0 Å². The number of hydrogen-bond donors (Lipinski definition) is 0. The summed E-state index contributed by atoms with van der Waals surface area (Å²) in [4.78, 5) is 25.3. The standard InChI is InChI=1S/C20H20O4S/c1-3-24-20(22)19-16(15-6-4-5-7-18(15)23-2)10-14(11-17(19)21)13-8-9-25-12-13/h4-9,11-12,16,19H,3,10H2,1-2H3/t16-,19+/m1/s1. The summed E-state index contributed by atoms with van der Waals surface area (Å²) in [5.74, 6) is -1.13. The van der Waals surface area contributed by atoms with E-state index in [2.05, 4.69) is 0 Å². The Morgan fingerprint density at radius 3 is 2.76 bits per heavy atom. The Balaban J connectivity index is 2.05. The van der Waals surface area contributed by atoms with Crippen LogP contribution in [0, 0.1) is 5.92 Å². The smallest absolute Gasteiger partial charge is 0.317 e. The van der Waals surface area contributed by atoms with Gasteiger partial charge < -0.3 is 9.47 Å². The molecule has 1 aliphatic carbocycles. The maximum absolute atomic E-state index is 12.8. The minimum atomic E-state index is -0.835. The monoisotopic (exact) mass is 356 g/mol. The van der Waals surface area contributed by atoms with E-state index < -0.39 is 11.9 Å². The Labute approximate surface area is 151 Å². The summed E-state index contributed by atoms with van der Waals surface area (Å²) in [6, 6.07) is 9.53. The second-order valence-corrected chi connectivity index (χ2v) is 6.65. The van der Waals surface area contributed by atoms with Gasteiger partial charge in [0.1, 0.15) is 11.7 Å². The molecule has 0 saturated heterocycles. The molecule has 0 saturated carbocycles. The maximum atomic E-state index is 12.8. The summed E-state index contributed by atoms with van der Waals surface area (Å²) >= 11 is 1.59. The van der Waals surface area contributed by atoms with Crippen LogP contribution in [0.2, 0.25) is 0 Å². The van der Waals surface area contributed by atoms with Gasteiger partial charge in [0.15, 0.2) is 5.78 Å². The first-order chi connectivity index (χ1) is 12.2. The largest absolute Gasteiger partial charge is 0.496 e. The van der Waals surface area contributed by atoms with Crippen molar-refractivity contribution < 1.29 is 19.1 Å². The van der Waals surface area contributed by atoms with Gasteiger partial charge in [0.2, 0.25) is 0 Å². The summed E-state index contributed by atoms with van der Waals surface area (Å²) < 4.78 is 10.6. The zero-order valence-corrected chi connectivity index (χ0v) is 15.0. The predicted molar refractivity (Wildman–Crippen MR) is 97.8 cm³/mol. The van der Waals surface area contributed by atoms with Gasteiger partial charge >= 0.3 is 5.97 Å². The van der Waals surface area contributed by atoms with Crippen molar-refractivity contribution >= 4 is 28.7 Å². The molecule has 2 aromatic rings. The fourth-order valence-corrected chi connectivity index (χ4v) is 3.98. The van der Waals surface area contributed by atoms with E-state index in [4.69, 9.17) is 9.47 Å². The Kier molecular flexibility index (Phi) is 5.34. The van der Waals surface area contributed by atoms with E-state index in [0.29, 0.717) is 12.2 Å². The lowest BCUT2D eigenvalue weighted by molar-refractivity contribution is -0.151. The van der Waals surface area contributed by atoms with Crippen LogP contribution in [-0.4, -0.2) is 25.5 Å². The second-order valence-electron chi connectivity index (χ2n) is 5.87. The Hall–Kier alpha value is -2.40. The molecule has 1 aromatic carbocycles. The van der Waals surface area contributed by atoms with Crippen LogP contribution in [0.4, 0.5) is 0 Å². The van der Waals surface area contributed by atoms with Crippen LogP contribution < -0.4 is 4.74 Å². The number of carbonyl (C=O) groups excluding carboxylic acids is 2. The minimum absolute atomic E-state index is 0.207. The minimum Gasteiger partial charge on any atom is -0.496 e. The highest BCUT2D eigenvalue weighted by Gasteiger charge is 2.40. The molecule has 0 amide bonds. The molecule has 5 heteroatoms. The summed E-state index contributed by atoms with van der Waals surface area (Å²) in [7, 11) is 1.60. The molecule has 3 rings (SSSR count). The van der Waals surface area contributed by atoms with Crippen LogP contribution in [0.1, 0.15) is 30.4 Å². The molecule has 130 valence electrons. The van der Waals surface area contributed by atoms with Crippen molar-refractivity contribution in [3.63, 3.8) is 0 Å². The van der Waals surface area contributed by atoms with Crippen LogP contribution in [0.15, 0.2) is 47.2 Å². The average molecular weight is 356 g/mol. The number of esters is 1. The molecule has 1 heterocycles. The number of carbonyl (C=O) groups is 2. The van der Waals surface area contributed by atoms with Crippen molar-refractivity contribution in [2.24, 2.45) is 5.92 Å². The Morgan fingerprint density at radius 1 is 1.28 bits per heavy atom. The molecule has 0 aliphatic heterocycles. The highest BCUT2D eigenvalue weighted by Crippen LogP contribution is 2.43. The molecular formula is C20H20O4S. The van der Waals surface area contributed by atoms with Crippen molar-refractivity contribution in [2.75, 3.05) is 13.7 Å². The van der Waals surface area contributed by atoms with Crippen molar-refractivity contribution in [1.82, 2.24) is 0 Å². The van der Waals surface area contributed by atoms with E-state index in [1.807, 2.05) is 41.1 Å². The number of para-hydroxylation sites is 1. The van der Waals surface area contributed by atoms with Gasteiger partial charge in [-0.25, -0.2) is 0 Å². The third-order valence-corrected chi connectivity index (χ3v) is 5.12. The highest BCUT2D eigenvalue weighted by atomic mass is 32.1. The van der Waals surface area contributed by atoms with Gasteiger partial charge in [0.05, 0.1) is 13.7 Å². The van der Waals surface area contributed by atoms with Gasteiger partial charge in [0, 0.05) is 5.92 Å². The van der Waals surface area contributed by atoms with E-state index in [9.17, 15) is 9.59 Å². The van der Waals surface area contributed by atoms with Crippen LogP contribution >= 0.6 is 11.3 Å². The topological polar surface area (TPSA) is 52.6 Å². The number of hydrogen-bond acceptors (Lipinski definition) is 5. The van der Waals surface area contributed by atoms with E-state index in [-0.39, 0.29) is 18.3 Å². The maximum Gasteiger partial charge on any atom is 0.317 e. The second kappa shape index (κ2) is 7.66. The summed E-state index contributed by atoms with van der Waals surface area (Å²) in [5, 5.41) is 4.00. The van der Waals surface area contributed by atoms with Crippen LogP contribution in [0.3, 0.4) is 0 Å². The zero-order valence-electron chi connectivity index (χ0n) is 14.2. The number of thiophene rings is 1. The molecule has 0 unspecified atom stereocenters. The van der Waals surface area contributed by atoms with Crippen LogP contribution in [-0.2, 0) is 14.3 Å². The van der Waals surface area contributed by atoms with E-state index in [1.165, 1.54) is 0 Å². The molecule has 1 aromatic heterocycles. The fraction of sp³-hybridized carbons (Fsp3) is 0.300. The lowest BCUT2D eigenvalue weighted by atomic mass is 9.73. The van der Waals surface area contributed by atoms with Gasteiger partial charge in [-0.15, -0.1) is 0 Å². The molecule has 25 heavy (non-hydrogen) atoms. The van der Waals surface area contributed by atoms with Crippen LogP contribution in [0.25, 0.3) is 5.57 Å². The third-order valence-electron chi connectivity index (χ3n) is 4.44. The molecule has 4 nitrogen and oxygen atoms in total. The van der Waals surface area contributed by atoms with Crippen molar-refractivity contribution in [3.8, 4) is 5.75 Å². The lowest BCUT2D eigenvalue weighted by Crippen LogP contribution is -2.34. The predicted octanol–water partition coefficient (Wildman–Crippen LogP) is 4.08. The molecule has 2 atom stereocenters. The number of ketones is 1. The van der Waals surface area contributed by atoms with Crippen LogP contribution in [0.5, 0.6) is 5.75 Å². The SMILES string of the molecule is CCOC(=O)[C@@H]1C(=O)C=C(c2ccsc2)C[C@@H]1c1ccccc1OC. The summed E-state index contributed by atoms with van der Waals surface area (Å²) in [6.45, 7) is 2.00. The number of methoxy groups -OCH3 is 1. The number of ether oxygens (including phenoxy) is 2. The number of allylic oxidation sites excluding steroid dienone is 2. The lowest BCUT2D eigenvalue weighted by Gasteiger charge is -2.30. The van der Waals surface area contributed by atoms with Gasteiger partial charge in [0.25, 0.3) is 0 Å². The molecule has 0 bridgehead atoms. The molecule has 0 radical (unpaired) electrons. The summed E-state index contributed by atoms with van der Waals surface area (Å²) in [6.07, 6.45) is 2.18. The first kappa shape index (κ1) is 17.4. The van der Waals surface area contributed by atoms with E-state index in [1.54, 1.807) is 31.4 Å². The first-order valence-corrected chi connectivity index (χ1v) is 9.16. The third kappa shape index (κ3) is 3.51. The fourth-order valence-electron chi connectivity index (χ4n) is 3.30. The van der Waals surface area contributed by atoms with Gasteiger partial charge in [-0.3, -0.25) is 9.59 Å². The van der Waals surface area contributed by atoms with Gasteiger partial charge in [-0.2, -0.15) is 11.3 Å². The summed E-state index contributed by atoms with van der Waals surface area (Å²) in [5.41, 5.74) is 2.83. The number of benzene rings is 1. The molecule has 0 N–H and O–H groups in total. The normalized spacial score (nSPS) is 20.1. The van der Waals surface area contributed by atoms with E-state index >= 15 is 0 Å². The van der Waals surface area contributed by atoms with Gasteiger partial charge in [-0.1, -0.05) is 18.2 Å². The molecule has 1 aliphatic rings. The van der Waals surface area contributed by atoms with Crippen molar-refractivity contribution in [3.05, 3.63) is 58.3 Å². The Bertz CT molecular complexity index is 792. The molecule has 0 spiro atoms. The first-order valence-electron chi connectivity index (χ1n) is 8.22. The molecular weight excluding hydrogens is 336 g/mol. The Morgan fingerprint density at radius 2 is 2.08 bits per heavy atom. The number of rotatable bonds is 5. The zero-order chi connectivity index (χ0) is 17.8. The quantitative estimate of drug-likeness (QED) is 0.598. The van der Waals surface area contributed by atoms with Crippen molar-refractivity contribution in [1.29, 1.82) is 0 Å². The van der Waals surface area contributed by atoms with Crippen molar-refractivity contribution in [2.45, 2.75) is 19.3 Å². The highest BCUT2D eigenvalue weighted by molar-refractivity contribution is 7.08. The average Bonchev–Trinajstić information content (AvgIpc) is 3.15. The van der Waals surface area contributed by atoms with E-state index in [0.717, 1.165) is 16.7 Å². The molecule has 0 fully saturated rings.